The molecule has 0 radical (unpaired) electrons. The van der Waals surface area contributed by atoms with Gasteiger partial charge in [0.25, 0.3) is 11.8 Å². The minimum atomic E-state index is -2.12. The number of carbonyl (C=O) groups excluding carboxylic acids is 2. The topological polar surface area (TPSA) is 163 Å². The number of benzene rings is 2. The average molecular weight is 390 g/mol. The smallest absolute Gasteiger partial charge is 0.269 e. The molecule has 0 spiro atoms. The van der Waals surface area contributed by atoms with Crippen molar-refractivity contribution in [3.63, 3.8) is 0 Å². The van der Waals surface area contributed by atoms with Gasteiger partial charge >= 0.3 is 0 Å². The lowest BCUT2D eigenvalue weighted by molar-refractivity contribution is -0.154. The Labute approximate surface area is 160 Å². The Morgan fingerprint density at radius 1 is 0.607 bits per heavy atom. The van der Waals surface area contributed by atoms with Gasteiger partial charge in [0.1, 0.15) is 12.2 Å². The van der Waals surface area contributed by atoms with Crippen molar-refractivity contribution in [1.82, 2.24) is 10.9 Å². The molecular weight excluding hydrogens is 368 g/mol. The number of hydrazine groups is 2. The van der Waals surface area contributed by atoms with E-state index in [0.29, 0.717) is 11.4 Å². The molecule has 0 saturated carbocycles. The molecule has 10 nitrogen and oxygen atoms in total. The number of rotatable bonds is 9. The quantitative estimate of drug-likeness (QED) is 0.245. The van der Waals surface area contributed by atoms with Crippen LogP contribution in [0.2, 0.25) is 0 Å². The SMILES string of the molecule is O=C(NNc1ccccc1)[C@@H](O)[C@@H](O)[C@@H](O)[C@@H](O)C(=O)NNc1ccccc1. The minimum Gasteiger partial charge on any atom is -0.387 e. The van der Waals surface area contributed by atoms with Crippen LogP contribution in [0.5, 0.6) is 0 Å². The van der Waals surface area contributed by atoms with Crippen molar-refractivity contribution >= 4 is 23.2 Å². The maximum atomic E-state index is 11.9. The first-order valence-electron chi connectivity index (χ1n) is 8.34. The molecule has 2 amide bonds. The molecule has 0 bridgehead atoms. The minimum absolute atomic E-state index is 0.518. The third kappa shape index (κ3) is 5.93. The predicted molar refractivity (Wildman–Crippen MR) is 100 cm³/mol. The molecular formula is C18H22N4O6. The zero-order valence-electron chi connectivity index (χ0n) is 14.7. The van der Waals surface area contributed by atoms with E-state index in [4.69, 9.17) is 0 Å². The lowest BCUT2D eigenvalue weighted by Crippen LogP contribution is -2.55. The van der Waals surface area contributed by atoms with Crippen LogP contribution in [0.4, 0.5) is 11.4 Å². The molecule has 2 aromatic carbocycles. The largest absolute Gasteiger partial charge is 0.387 e. The molecule has 4 atom stereocenters. The van der Waals surface area contributed by atoms with E-state index in [1.807, 2.05) is 0 Å². The molecule has 0 aromatic heterocycles. The second-order valence-corrected chi connectivity index (χ2v) is 5.83. The van der Waals surface area contributed by atoms with E-state index in [1.54, 1.807) is 60.7 Å². The molecule has 10 heteroatoms. The number of nitrogens with one attached hydrogen (secondary N) is 4. The van der Waals surface area contributed by atoms with Crippen LogP contribution >= 0.6 is 0 Å². The first-order chi connectivity index (χ1) is 13.4. The molecule has 150 valence electrons. The second-order valence-electron chi connectivity index (χ2n) is 5.83. The maximum Gasteiger partial charge on any atom is 0.269 e. The van der Waals surface area contributed by atoms with Crippen molar-refractivity contribution in [3.05, 3.63) is 60.7 Å². The van der Waals surface area contributed by atoms with Gasteiger partial charge in [-0.25, -0.2) is 0 Å². The van der Waals surface area contributed by atoms with E-state index in [0.717, 1.165) is 0 Å². The number of aliphatic hydroxyl groups excluding tert-OH is 4. The third-order valence-electron chi connectivity index (χ3n) is 3.74. The lowest BCUT2D eigenvalue weighted by atomic mass is 10.0. The molecule has 2 aromatic rings. The fraction of sp³-hybridized carbons (Fsp3) is 0.222. The van der Waals surface area contributed by atoms with Crippen LogP contribution < -0.4 is 21.7 Å². The van der Waals surface area contributed by atoms with Crippen molar-refractivity contribution in [2.75, 3.05) is 10.9 Å². The van der Waals surface area contributed by atoms with E-state index in [2.05, 4.69) is 21.7 Å². The Morgan fingerprint density at radius 2 is 0.929 bits per heavy atom. The third-order valence-corrected chi connectivity index (χ3v) is 3.74. The molecule has 0 aliphatic rings. The molecule has 0 unspecified atom stereocenters. The van der Waals surface area contributed by atoms with Crippen molar-refractivity contribution in [3.8, 4) is 0 Å². The van der Waals surface area contributed by atoms with Crippen molar-refractivity contribution in [1.29, 1.82) is 0 Å². The number of carbonyl (C=O) groups is 2. The van der Waals surface area contributed by atoms with Crippen LogP contribution in [0.25, 0.3) is 0 Å². The average Bonchev–Trinajstić information content (AvgIpc) is 2.75. The van der Waals surface area contributed by atoms with Gasteiger partial charge in [-0.05, 0) is 24.3 Å². The highest BCUT2D eigenvalue weighted by atomic mass is 16.4. The van der Waals surface area contributed by atoms with E-state index >= 15 is 0 Å². The summed E-state index contributed by atoms with van der Waals surface area (Å²) >= 11 is 0. The van der Waals surface area contributed by atoms with Gasteiger partial charge < -0.3 is 20.4 Å². The zero-order valence-corrected chi connectivity index (χ0v) is 14.7. The fourth-order valence-corrected chi connectivity index (χ4v) is 2.14. The van der Waals surface area contributed by atoms with Gasteiger partial charge in [0.15, 0.2) is 12.2 Å². The zero-order chi connectivity index (χ0) is 20.5. The van der Waals surface area contributed by atoms with Crippen LogP contribution in [0, 0.1) is 0 Å². The monoisotopic (exact) mass is 390 g/mol. The Hall–Kier alpha value is -3.18. The summed E-state index contributed by atoms with van der Waals surface area (Å²) in [6, 6.07) is 16.9. The molecule has 0 fully saturated rings. The Balaban J connectivity index is 1.83. The molecule has 0 aliphatic heterocycles. The van der Waals surface area contributed by atoms with Gasteiger partial charge in [0.05, 0.1) is 11.4 Å². The molecule has 28 heavy (non-hydrogen) atoms. The van der Waals surface area contributed by atoms with Gasteiger partial charge in [0.2, 0.25) is 0 Å². The summed E-state index contributed by atoms with van der Waals surface area (Å²) in [5.74, 6) is -2.13. The summed E-state index contributed by atoms with van der Waals surface area (Å²) in [6.07, 6.45) is -8.43. The molecule has 8 N–H and O–H groups in total. The normalized spacial score (nSPS) is 14.9. The van der Waals surface area contributed by atoms with Crippen LogP contribution in [-0.4, -0.2) is 56.7 Å². The predicted octanol–water partition coefficient (Wildman–Crippen LogP) is -1.28. The molecule has 0 aliphatic carbocycles. The highest BCUT2D eigenvalue weighted by Gasteiger charge is 2.37. The number of anilines is 2. The summed E-state index contributed by atoms with van der Waals surface area (Å²) in [5, 5.41) is 39.5. The number of para-hydroxylation sites is 2. The van der Waals surface area contributed by atoms with E-state index in [-0.39, 0.29) is 0 Å². The molecule has 0 heterocycles. The Bertz CT molecular complexity index is 696. The van der Waals surface area contributed by atoms with E-state index in [1.165, 1.54) is 0 Å². The maximum absolute atomic E-state index is 11.9. The van der Waals surface area contributed by atoms with Gasteiger partial charge in [0, 0.05) is 0 Å². The summed E-state index contributed by atoms with van der Waals surface area (Å²) in [4.78, 5) is 23.8. The fourth-order valence-electron chi connectivity index (χ4n) is 2.14. The summed E-state index contributed by atoms with van der Waals surface area (Å²) in [7, 11) is 0. The number of hydrogen-bond acceptors (Lipinski definition) is 8. The number of hydrogen-bond donors (Lipinski definition) is 8. The van der Waals surface area contributed by atoms with Crippen LogP contribution in [0.15, 0.2) is 60.7 Å². The summed E-state index contributed by atoms with van der Waals surface area (Å²) in [6.45, 7) is 0. The highest BCUT2D eigenvalue weighted by Crippen LogP contribution is 2.08. The second kappa shape index (κ2) is 10.2. The van der Waals surface area contributed by atoms with Gasteiger partial charge in [-0.15, -0.1) is 0 Å². The molecule has 0 saturated heterocycles. The summed E-state index contributed by atoms with van der Waals surface area (Å²) < 4.78 is 0. The van der Waals surface area contributed by atoms with Crippen molar-refractivity contribution < 1.29 is 30.0 Å². The van der Waals surface area contributed by atoms with Crippen LogP contribution in [-0.2, 0) is 9.59 Å². The van der Waals surface area contributed by atoms with Crippen LogP contribution in [0.3, 0.4) is 0 Å². The first kappa shape index (κ1) is 21.1. The van der Waals surface area contributed by atoms with E-state index < -0.39 is 36.2 Å². The van der Waals surface area contributed by atoms with Gasteiger partial charge in [-0.2, -0.15) is 0 Å². The lowest BCUT2D eigenvalue weighted by Gasteiger charge is -2.25. The molecule has 2 rings (SSSR count). The number of amides is 2. The Morgan fingerprint density at radius 3 is 1.25 bits per heavy atom. The van der Waals surface area contributed by atoms with Gasteiger partial charge in [-0.3, -0.25) is 31.3 Å². The highest BCUT2D eigenvalue weighted by molar-refractivity contribution is 5.84. The van der Waals surface area contributed by atoms with Gasteiger partial charge in [-0.1, -0.05) is 36.4 Å². The van der Waals surface area contributed by atoms with Crippen LogP contribution in [0.1, 0.15) is 0 Å². The van der Waals surface area contributed by atoms with Crippen molar-refractivity contribution in [2.24, 2.45) is 0 Å². The Kier molecular flexibility index (Phi) is 7.72. The summed E-state index contributed by atoms with van der Waals surface area (Å²) in [5.41, 5.74) is 10.3. The standard InChI is InChI=1S/C18H22N4O6/c23-13(15(25)17(27)21-19-11-7-3-1-4-8-11)14(24)16(26)18(28)22-20-12-9-5-2-6-10-12/h1-10,13-16,19-20,23-26H,(H,21,27)(H,22,28)/t13-,14+,15-,16+. The van der Waals surface area contributed by atoms with Crippen molar-refractivity contribution in [2.45, 2.75) is 24.4 Å². The van der Waals surface area contributed by atoms with E-state index in [9.17, 15) is 30.0 Å². The number of aliphatic hydroxyl groups is 4. The first-order valence-corrected chi connectivity index (χ1v) is 8.34.